The third-order valence-corrected chi connectivity index (χ3v) is 7.12. The van der Waals surface area contributed by atoms with Gasteiger partial charge in [0.2, 0.25) is 11.8 Å². The van der Waals surface area contributed by atoms with Gasteiger partial charge in [0.25, 0.3) is 0 Å². The normalized spacial score (nSPS) is 15.3. The largest absolute Gasteiger partial charge is 0.462 e. The molecule has 198 valence electrons. The Kier molecular flexibility index (Phi) is 7.44. The van der Waals surface area contributed by atoms with E-state index in [9.17, 15) is 9.59 Å². The lowest BCUT2D eigenvalue weighted by molar-refractivity contribution is -0.126. The van der Waals surface area contributed by atoms with Gasteiger partial charge in [-0.2, -0.15) is 9.97 Å². The maximum Gasteiger partial charge on any atom is 0.318 e. The number of anilines is 2. The average Bonchev–Trinajstić information content (AvgIpc) is 2.93. The van der Waals surface area contributed by atoms with Gasteiger partial charge in [-0.05, 0) is 36.4 Å². The Morgan fingerprint density at radius 1 is 1.08 bits per heavy atom. The van der Waals surface area contributed by atoms with Crippen LogP contribution < -0.4 is 19.9 Å². The number of benzene rings is 2. The summed E-state index contributed by atoms with van der Waals surface area (Å²) in [5.41, 5.74) is 4.51. The Balaban J connectivity index is 1.44. The van der Waals surface area contributed by atoms with Crippen LogP contribution in [0.3, 0.4) is 0 Å². The van der Waals surface area contributed by atoms with E-state index in [1.807, 2.05) is 4.90 Å². The van der Waals surface area contributed by atoms with Crippen LogP contribution in [0.4, 0.5) is 11.5 Å². The standard InChI is InChI=1S/C29H34N6O3/c1-4-27(37)33-12-14-34(15-13-33)28-24-9-11-35(26-18-20(2)17-22-7-5-6-8-23(22)26)19-25(24)31-29(32-28)38-16-10-30-21(3)36/h4-8,17-18H,1,9-16,19H2,2-3H3,(H,30,36). The average molecular weight is 515 g/mol. The molecule has 1 saturated heterocycles. The van der Waals surface area contributed by atoms with Crippen molar-refractivity contribution in [2.45, 2.75) is 26.8 Å². The van der Waals surface area contributed by atoms with E-state index in [4.69, 9.17) is 14.7 Å². The monoisotopic (exact) mass is 514 g/mol. The van der Waals surface area contributed by atoms with Gasteiger partial charge >= 0.3 is 6.01 Å². The molecule has 0 spiro atoms. The predicted molar refractivity (Wildman–Crippen MR) is 149 cm³/mol. The third kappa shape index (κ3) is 5.41. The lowest BCUT2D eigenvalue weighted by Gasteiger charge is -2.38. The van der Waals surface area contributed by atoms with E-state index in [1.165, 1.54) is 35.0 Å². The zero-order valence-electron chi connectivity index (χ0n) is 22.1. The van der Waals surface area contributed by atoms with E-state index < -0.39 is 0 Å². The second-order valence-corrected chi connectivity index (χ2v) is 9.78. The minimum absolute atomic E-state index is 0.0441. The quantitative estimate of drug-likeness (QED) is 0.383. The van der Waals surface area contributed by atoms with Crippen LogP contribution in [0.15, 0.2) is 49.1 Å². The van der Waals surface area contributed by atoms with E-state index in [0.29, 0.717) is 45.3 Å². The molecule has 2 amide bonds. The van der Waals surface area contributed by atoms with E-state index in [0.717, 1.165) is 30.0 Å². The number of aromatic nitrogens is 2. The van der Waals surface area contributed by atoms with Crippen LogP contribution >= 0.6 is 0 Å². The molecule has 3 heterocycles. The molecule has 3 aromatic rings. The van der Waals surface area contributed by atoms with E-state index in [1.54, 1.807) is 0 Å². The van der Waals surface area contributed by atoms with Crippen molar-refractivity contribution in [1.29, 1.82) is 0 Å². The van der Waals surface area contributed by atoms with Gasteiger partial charge < -0.3 is 24.8 Å². The SMILES string of the molecule is C=CC(=O)N1CCN(c2nc(OCCNC(C)=O)nc3c2CCN(c2cc(C)cc4ccccc24)C3)CC1. The molecule has 38 heavy (non-hydrogen) atoms. The number of rotatable bonds is 7. The molecule has 2 aromatic carbocycles. The summed E-state index contributed by atoms with van der Waals surface area (Å²) in [6.45, 7) is 12.0. The maximum absolute atomic E-state index is 12.1. The molecule has 1 fully saturated rings. The van der Waals surface area contributed by atoms with Crippen LogP contribution in [0.1, 0.15) is 23.7 Å². The van der Waals surface area contributed by atoms with Crippen LogP contribution in [0, 0.1) is 6.92 Å². The Hall–Kier alpha value is -4.14. The summed E-state index contributed by atoms with van der Waals surface area (Å²) in [4.78, 5) is 39.4. The highest BCUT2D eigenvalue weighted by Gasteiger charge is 2.29. The van der Waals surface area contributed by atoms with Gasteiger partial charge in [0.15, 0.2) is 0 Å². The number of fused-ring (bicyclic) bond motifs is 2. The molecule has 0 saturated carbocycles. The Morgan fingerprint density at radius 3 is 2.63 bits per heavy atom. The highest BCUT2D eigenvalue weighted by molar-refractivity contribution is 5.95. The number of hydrogen-bond acceptors (Lipinski definition) is 7. The lowest BCUT2D eigenvalue weighted by atomic mass is 10.0. The number of nitrogens with one attached hydrogen (secondary N) is 1. The Labute approximate surface area is 223 Å². The first-order valence-electron chi connectivity index (χ1n) is 13.1. The molecule has 9 heteroatoms. The molecular weight excluding hydrogens is 480 g/mol. The van der Waals surface area contributed by atoms with Crippen molar-refractivity contribution < 1.29 is 14.3 Å². The third-order valence-electron chi connectivity index (χ3n) is 7.12. The molecule has 0 bridgehead atoms. The number of piperazine rings is 1. The van der Waals surface area contributed by atoms with E-state index in [2.05, 4.69) is 65.0 Å². The fraction of sp³-hybridized carbons (Fsp3) is 0.379. The summed E-state index contributed by atoms with van der Waals surface area (Å²) in [5.74, 6) is 0.731. The molecule has 5 rings (SSSR count). The second-order valence-electron chi connectivity index (χ2n) is 9.78. The van der Waals surface area contributed by atoms with Crippen molar-refractivity contribution in [3.8, 4) is 6.01 Å². The Bertz CT molecular complexity index is 1370. The van der Waals surface area contributed by atoms with Gasteiger partial charge in [-0.15, -0.1) is 0 Å². The van der Waals surface area contributed by atoms with Crippen LogP contribution in [0.25, 0.3) is 10.8 Å². The van der Waals surface area contributed by atoms with Crippen molar-refractivity contribution in [2.75, 3.05) is 55.7 Å². The maximum atomic E-state index is 12.1. The summed E-state index contributed by atoms with van der Waals surface area (Å²) in [7, 11) is 0. The summed E-state index contributed by atoms with van der Waals surface area (Å²) < 4.78 is 5.90. The van der Waals surface area contributed by atoms with Crippen molar-refractivity contribution in [3.05, 3.63) is 65.9 Å². The number of ether oxygens (including phenoxy) is 1. The molecule has 2 aliphatic heterocycles. The molecule has 0 radical (unpaired) electrons. The van der Waals surface area contributed by atoms with Gasteiger partial charge in [0.1, 0.15) is 12.4 Å². The van der Waals surface area contributed by atoms with Crippen molar-refractivity contribution in [3.63, 3.8) is 0 Å². The fourth-order valence-corrected chi connectivity index (χ4v) is 5.26. The van der Waals surface area contributed by atoms with Gasteiger partial charge in [-0.1, -0.05) is 36.9 Å². The van der Waals surface area contributed by atoms with Crippen LogP contribution in [0.2, 0.25) is 0 Å². The molecule has 9 nitrogen and oxygen atoms in total. The van der Waals surface area contributed by atoms with Crippen LogP contribution in [-0.4, -0.2) is 72.6 Å². The molecule has 2 aliphatic rings. The summed E-state index contributed by atoms with van der Waals surface area (Å²) >= 11 is 0. The number of hydrogen-bond donors (Lipinski definition) is 1. The second kappa shape index (κ2) is 11.1. The number of aryl methyl sites for hydroxylation is 1. The molecule has 1 N–H and O–H groups in total. The van der Waals surface area contributed by atoms with Crippen molar-refractivity contribution in [2.24, 2.45) is 0 Å². The van der Waals surface area contributed by atoms with Crippen molar-refractivity contribution >= 4 is 34.1 Å². The first kappa shape index (κ1) is 25.5. The number of carbonyl (C=O) groups is 2. The Morgan fingerprint density at radius 2 is 1.87 bits per heavy atom. The smallest absolute Gasteiger partial charge is 0.318 e. The van der Waals surface area contributed by atoms with Gasteiger partial charge in [-0.3, -0.25) is 9.59 Å². The first-order chi connectivity index (χ1) is 18.4. The van der Waals surface area contributed by atoms with Crippen LogP contribution in [-0.2, 0) is 22.6 Å². The van der Waals surface area contributed by atoms with Crippen LogP contribution in [0.5, 0.6) is 6.01 Å². The van der Waals surface area contributed by atoms with E-state index in [-0.39, 0.29) is 18.4 Å². The first-order valence-corrected chi connectivity index (χ1v) is 13.1. The predicted octanol–water partition coefficient (Wildman–Crippen LogP) is 2.85. The minimum atomic E-state index is -0.103. The number of nitrogens with zero attached hydrogens (tertiary/aromatic N) is 5. The fourth-order valence-electron chi connectivity index (χ4n) is 5.26. The summed E-state index contributed by atoms with van der Waals surface area (Å²) in [5, 5.41) is 5.20. The summed E-state index contributed by atoms with van der Waals surface area (Å²) in [6.07, 6.45) is 2.18. The molecule has 1 aromatic heterocycles. The number of carbonyl (C=O) groups excluding carboxylic acids is 2. The van der Waals surface area contributed by atoms with Crippen molar-refractivity contribution in [1.82, 2.24) is 20.2 Å². The van der Waals surface area contributed by atoms with Gasteiger partial charge in [0.05, 0.1) is 18.8 Å². The molecule has 0 aliphatic carbocycles. The van der Waals surface area contributed by atoms with Gasteiger partial charge in [0, 0.05) is 56.3 Å². The topological polar surface area (TPSA) is 90.9 Å². The molecule has 0 unspecified atom stereocenters. The minimum Gasteiger partial charge on any atom is -0.462 e. The lowest BCUT2D eigenvalue weighted by Crippen LogP contribution is -2.49. The highest BCUT2D eigenvalue weighted by atomic mass is 16.5. The zero-order chi connectivity index (χ0) is 26.6. The molecule has 0 atom stereocenters. The van der Waals surface area contributed by atoms with E-state index >= 15 is 0 Å². The van der Waals surface area contributed by atoms with Gasteiger partial charge in [-0.25, -0.2) is 0 Å². The molecular formula is C29H34N6O3. The zero-order valence-corrected chi connectivity index (χ0v) is 22.1. The highest BCUT2D eigenvalue weighted by Crippen LogP contribution is 2.35. The number of amides is 2. The summed E-state index contributed by atoms with van der Waals surface area (Å²) in [6, 6.07) is 13.3.